The number of benzene rings is 4. The fourth-order valence-electron chi connectivity index (χ4n) is 3.34. The number of amides is 2. The minimum absolute atomic E-state index is 0.244. The van der Waals surface area contributed by atoms with E-state index in [4.69, 9.17) is 4.74 Å². The summed E-state index contributed by atoms with van der Waals surface area (Å²) in [6, 6.07) is 26.9. The molecule has 0 radical (unpaired) electrons. The number of carbonyl (C=O) groups excluding carboxylic acids is 3. The molecule has 0 aliphatic carbocycles. The van der Waals surface area contributed by atoms with Crippen molar-refractivity contribution < 1.29 is 19.1 Å². The van der Waals surface area contributed by atoms with E-state index >= 15 is 0 Å². The second-order valence-electron chi connectivity index (χ2n) is 7.41. The predicted octanol–water partition coefficient (Wildman–Crippen LogP) is 4.54. The lowest BCUT2D eigenvalue weighted by atomic mass is 10.0. The van der Waals surface area contributed by atoms with E-state index in [2.05, 4.69) is 38.4 Å². The van der Waals surface area contributed by atoms with Gasteiger partial charge in [-0.25, -0.2) is 10.2 Å². The molecule has 0 aromatic heterocycles. The maximum Gasteiger partial charge on any atom is 0.343 e. The molecule has 7 nitrogen and oxygen atoms in total. The number of carbonyl (C=O) groups is 3. The third-order valence-corrected chi connectivity index (χ3v) is 5.99. The van der Waals surface area contributed by atoms with Gasteiger partial charge in [0.05, 0.1) is 23.9 Å². The number of hydrogen-bond acceptors (Lipinski definition) is 5. The Bertz CT molecular complexity index is 1420. The van der Waals surface area contributed by atoms with Gasteiger partial charge in [0.15, 0.2) is 0 Å². The summed E-state index contributed by atoms with van der Waals surface area (Å²) in [6.07, 6.45) is 1.43. The second-order valence-corrected chi connectivity index (χ2v) is 8.57. The van der Waals surface area contributed by atoms with Crippen LogP contribution in [0.1, 0.15) is 26.3 Å². The Morgan fingerprint density at radius 2 is 1.57 bits per heavy atom. The quantitative estimate of drug-likeness (QED) is 0.111. The molecule has 0 saturated carbocycles. The van der Waals surface area contributed by atoms with Crippen molar-refractivity contribution >= 4 is 57.4 Å². The predicted molar refractivity (Wildman–Crippen MR) is 143 cm³/mol. The van der Waals surface area contributed by atoms with Gasteiger partial charge in [0, 0.05) is 9.13 Å². The molecular weight excluding hydrogens is 557 g/mol. The molecule has 0 spiro atoms. The Hall–Kier alpha value is -4.05. The van der Waals surface area contributed by atoms with Crippen LogP contribution in [0.15, 0.2) is 96.1 Å². The van der Waals surface area contributed by atoms with Crippen molar-refractivity contribution in [3.8, 4) is 5.75 Å². The van der Waals surface area contributed by atoms with Crippen molar-refractivity contribution in [2.45, 2.75) is 0 Å². The van der Waals surface area contributed by atoms with Crippen LogP contribution in [0.5, 0.6) is 5.75 Å². The van der Waals surface area contributed by atoms with Crippen LogP contribution < -0.4 is 15.5 Å². The Morgan fingerprint density at radius 1 is 0.857 bits per heavy atom. The molecule has 0 unspecified atom stereocenters. The number of ether oxygens (including phenoxy) is 1. The van der Waals surface area contributed by atoms with Crippen LogP contribution in [-0.2, 0) is 4.79 Å². The van der Waals surface area contributed by atoms with Crippen molar-refractivity contribution in [3.05, 3.63) is 111 Å². The normalized spacial score (nSPS) is 10.8. The number of nitrogens with one attached hydrogen (secondary N) is 2. The van der Waals surface area contributed by atoms with Crippen molar-refractivity contribution in [1.29, 1.82) is 0 Å². The molecule has 0 aliphatic rings. The first-order valence-electron chi connectivity index (χ1n) is 10.7. The first-order valence-corrected chi connectivity index (χ1v) is 11.7. The number of fused-ring (bicyclic) bond motifs is 1. The third kappa shape index (κ3) is 6.10. The Kier molecular flexibility index (Phi) is 7.84. The lowest BCUT2D eigenvalue weighted by molar-refractivity contribution is -0.120. The van der Waals surface area contributed by atoms with Crippen LogP contribution in [-0.4, -0.2) is 30.5 Å². The average molecular weight is 577 g/mol. The SMILES string of the molecule is O=C(CNC(=O)c1ccccc1I)N/N=C/c1c(OC(=O)c2ccccc2)ccc2ccccc12. The molecular formula is C27H20IN3O4. The van der Waals surface area contributed by atoms with Gasteiger partial charge in [0.1, 0.15) is 5.75 Å². The first kappa shape index (κ1) is 24.1. The van der Waals surface area contributed by atoms with Crippen LogP contribution in [0.4, 0.5) is 0 Å². The van der Waals surface area contributed by atoms with E-state index in [0.717, 1.165) is 14.3 Å². The average Bonchev–Trinajstić information content (AvgIpc) is 2.89. The van der Waals surface area contributed by atoms with Crippen LogP contribution in [0.25, 0.3) is 10.8 Å². The van der Waals surface area contributed by atoms with E-state index in [0.29, 0.717) is 22.4 Å². The van der Waals surface area contributed by atoms with Crippen molar-refractivity contribution in [3.63, 3.8) is 0 Å². The number of esters is 1. The lowest BCUT2D eigenvalue weighted by Gasteiger charge is -2.10. The standard InChI is InChI=1S/C27H20IN3O4/c28-23-13-7-6-12-21(23)26(33)29-17-25(32)31-30-16-22-20-11-5-4-8-18(20)14-15-24(22)35-27(34)19-9-2-1-3-10-19/h1-16H,17H2,(H,29,33)(H,31,32)/b30-16+. The van der Waals surface area contributed by atoms with Gasteiger partial charge in [-0.1, -0.05) is 60.7 Å². The summed E-state index contributed by atoms with van der Waals surface area (Å²) in [4.78, 5) is 37.1. The Labute approximate surface area is 215 Å². The molecule has 0 fully saturated rings. The first-order chi connectivity index (χ1) is 17.0. The van der Waals surface area contributed by atoms with Crippen LogP contribution in [0, 0.1) is 3.57 Å². The van der Waals surface area contributed by atoms with Gasteiger partial charge in [-0.2, -0.15) is 5.10 Å². The minimum Gasteiger partial charge on any atom is -0.422 e. The summed E-state index contributed by atoms with van der Waals surface area (Å²) >= 11 is 2.06. The summed E-state index contributed by atoms with van der Waals surface area (Å²) in [5.41, 5.74) is 3.85. The van der Waals surface area contributed by atoms with E-state index in [9.17, 15) is 14.4 Å². The Morgan fingerprint density at radius 3 is 2.37 bits per heavy atom. The van der Waals surface area contributed by atoms with Gasteiger partial charge >= 0.3 is 5.97 Å². The molecule has 8 heteroatoms. The number of nitrogens with zero attached hydrogens (tertiary/aromatic N) is 1. The zero-order chi connectivity index (χ0) is 24.6. The van der Waals surface area contributed by atoms with E-state index < -0.39 is 11.9 Å². The molecule has 0 heterocycles. The molecule has 174 valence electrons. The third-order valence-electron chi connectivity index (χ3n) is 5.05. The molecule has 0 atom stereocenters. The van der Waals surface area contributed by atoms with Crippen molar-refractivity contribution in [1.82, 2.24) is 10.7 Å². The maximum atomic E-state index is 12.6. The Balaban J connectivity index is 1.47. The summed E-state index contributed by atoms with van der Waals surface area (Å²) in [5, 5.41) is 8.33. The topological polar surface area (TPSA) is 96.9 Å². The van der Waals surface area contributed by atoms with Gasteiger partial charge in [-0.3, -0.25) is 9.59 Å². The number of halogens is 1. The zero-order valence-electron chi connectivity index (χ0n) is 18.4. The second kappa shape index (κ2) is 11.4. The fourth-order valence-corrected chi connectivity index (χ4v) is 3.97. The number of hydrazone groups is 1. The fraction of sp³-hybridized carbons (Fsp3) is 0.0370. The highest BCUT2D eigenvalue weighted by atomic mass is 127. The van der Waals surface area contributed by atoms with E-state index in [-0.39, 0.29) is 12.5 Å². The molecule has 2 amide bonds. The van der Waals surface area contributed by atoms with E-state index in [1.165, 1.54) is 6.21 Å². The van der Waals surface area contributed by atoms with Gasteiger partial charge in [-0.15, -0.1) is 0 Å². The van der Waals surface area contributed by atoms with Gasteiger partial charge in [0.2, 0.25) is 0 Å². The summed E-state index contributed by atoms with van der Waals surface area (Å²) in [6.45, 7) is -0.244. The number of rotatable bonds is 7. The molecule has 35 heavy (non-hydrogen) atoms. The largest absolute Gasteiger partial charge is 0.422 e. The molecule has 0 aliphatic heterocycles. The molecule has 4 rings (SSSR count). The van der Waals surface area contributed by atoms with Gasteiger partial charge < -0.3 is 10.1 Å². The van der Waals surface area contributed by atoms with E-state index in [1.807, 2.05) is 48.5 Å². The summed E-state index contributed by atoms with van der Waals surface area (Å²) in [7, 11) is 0. The highest BCUT2D eigenvalue weighted by molar-refractivity contribution is 14.1. The van der Waals surface area contributed by atoms with Crippen LogP contribution in [0.2, 0.25) is 0 Å². The van der Waals surface area contributed by atoms with Crippen LogP contribution >= 0.6 is 22.6 Å². The zero-order valence-corrected chi connectivity index (χ0v) is 20.6. The summed E-state index contributed by atoms with van der Waals surface area (Å²) < 4.78 is 6.42. The monoisotopic (exact) mass is 577 g/mol. The molecule has 4 aromatic rings. The highest BCUT2D eigenvalue weighted by Gasteiger charge is 2.14. The van der Waals surface area contributed by atoms with Crippen molar-refractivity contribution in [2.24, 2.45) is 5.10 Å². The number of hydrogen-bond donors (Lipinski definition) is 2. The highest BCUT2D eigenvalue weighted by Crippen LogP contribution is 2.27. The molecule has 2 N–H and O–H groups in total. The van der Waals surface area contributed by atoms with E-state index in [1.54, 1.807) is 42.5 Å². The molecule has 0 bridgehead atoms. The smallest absolute Gasteiger partial charge is 0.343 e. The maximum absolute atomic E-state index is 12.6. The summed E-state index contributed by atoms with van der Waals surface area (Å²) in [5.74, 6) is -1.04. The molecule has 0 saturated heterocycles. The molecule has 4 aromatic carbocycles. The van der Waals surface area contributed by atoms with Gasteiger partial charge in [0.25, 0.3) is 11.8 Å². The van der Waals surface area contributed by atoms with Crippen molar-refractivity contribution in [2.75, 3.05) is 6.54 Å². The minimum atomic E-state index is -0.502. The van der Waals surface area contributed by atoms with Crippen LogP contribution in [0.3, 0.4) is 0 Å². The lowest BCUT2D eigenvalue weighted by Crippen LogP contribution is -2.35. The van der Waals surface area contributed by atoms with Gasteiger partial charge in [-0.05, 0) is 63.7 Å².